The molecule has 19 heavy (non-hydrogen) atoms. The van der Waals surface area contributed by atoms with E-state index in [9.17, 15) is 0 Å². The van der Waals surface area contributed by atoms with Crippen molar-refractivity contribution >= 4 is 0 Å². The molecule has 0 amide bonds. The van der Waals surface area contributed by atoms with Crippen molar-refractivity contribution in [3.05, 3.63) is 24.0 Å². The summed E-state index contributed by atoms with van der Waals surface area (Å²) in [4.78, 5) is 4.22. The van der Waals surface area contributed by atoms with Gasteiger partial charge in [0.05, 0.1) is 6.10 Å². The Hall–Kier alpha value is -1.09. The third kappa shape index (κ3) is 4.83. The molecule has 0 aromatic carbocycles. The number of rotatable bonds is 6. The average molecular weight is 262 g/mol. The fourth-order valence-electron chi connectivity index (χ4n) is 2.60. The summed E-state index contributed by atoms with van der Waals surface area (Å²) in [6, 6.07) is 2.01. The Balaban J connectivity index is 1.93. The van der Waals surface area contributed by atoms with Crippen LogP contribution >= 0.6 is 0 Å². The predicted molar refractivity (Wildman–Crippen MR) is 78.4 cm³/mol. The van der Waals surface area contributed by atoms with Gasteiger partial charge in [-0.3, -0.25) is 4.98 Å². The first kappa shape index (κ1) is 14.3. The van der Waals surface area contributed by atoms with Crippen LogP contribution in [0.2, 0.25) is 0 Å². The largest absolute Gasteiger partial charge is 0.490 e. The van der Waals surface area contributed by atoms with E-state index in [0.29, 0.717) is 6.10 Å². The Labute approximate surface area is 116 Å². The molecule has 2 rings (SSSR count). The molecular formula is C16H26N2O. The van der Waals surface area contributed by atoms with Crippen LogP contribution in [0.3, 0.4) is 0 Å². The summed E-state index contributed by atoms with van der Waals surface area (Å²) in [5, 5.41) is 3.42. The number of nitrogens with one attached hydrogen (secondary N) is 1. The van der Waals surface area contributed by atoms with Gasteiger partial charge in [0.15, 0.2) is 0 Å². The van der Waals surface area contributed by atoms with E-state index in [1.165, 1.54) is 44.1 Å². The molecule has 1 N–H and O–H groups in total. The minimum Gasteiger partial charge on any atom is -0.490 e. The predicted octanol–water partition coefficient (Wildman–Crippen LogP) is 3.68. The van der Waals surface area contributed by atoms with E-state index in [4.69, 9.17) is 4.74 Å². The van der Waals surface area contributed by atoms with E-state index in [1.54, 1.807) is 0 Å². The Kier molecular flexibility index (Phi) is 6.15. The van der Waals surface area contributed by atoms with Crippen LogP contribution in [0.1, 0.15) is 57.4 Å². The fourth-order valence-corrected chi connectivity index (χ4v) is 2.60. The number of pyridine rings is 1. The molecule has 0 aliphatic heterocycles. The zero-order valence-corrected chi connectivity index (χ0v) is 12.0. The second kappa shape index (κ2) is 8.16. The van der Waals surface area contributed by atoms with Crippen LogP contribution in [0.25, 0.3) is 0 Å². The maximum atomic E-state index is 6.22. The lowest BCUT2D eigenvalue weighted by Gasteiger charge is -2.19. The second-order valence-electron chi connectivity index (χ2n) is 5.39. The van der Waals surface area contributed by atoms with Crippen LogP contribution in [-0.2, 0) is 6.54 Å². The lowest BCUT2D eigenvalue weighted by atomic mass is 10.1. The standard InChI is InChI=1S/C16H26N2O/c1-2-10-17-12-14-13-18-11-9-16(14)19-15-7-5-3-4-6-8-15/h9,11,13,15,17H,2-8,10,12H2,1H3. The summed E-state index contributed by atoms with van der Waals surface area (Å²) < 4.78 is 6.22. The molecule has 1 fully saturated rings. The molecule has 3 nitrogen and oxygen atoms in total. The van der Waals surface area contributed by atoms with Crippen LogP contribution in [-0.4, -0.2) is 17.6 Å². The van der Waals surface area contributed by atoms with Gasteiger partial charge in [0.1, 0.15) is 5.75 Å². The highest BCUT2D eigenvalue weighted by Crippen LogP contribution is 2.24. The van der Waals surface area contributed by atoms with Crippen molar-refractivity contribution in [3.8, 4) is 5.75 Å². The van der Waals surface area contributed by atoms with Crippen molar-refractivity contribution in [2.75, 3.05) is 6.54 Å². The van der Waals surface area contributed by atoms with Crippen molar-refractivity contribution in [2.24, 2.45) is 0 Å². The van der Waals surface area contributed by atoms with E-state index in [-0.39, 0.29) is 0 Å². The fraction of sp³-hybridized carbons (Fsp3) is 0.688. The molecule has 0 bridgehead atoms. The summed E-state index contributed by atoms with van der Waals surface area (Å²) in [5.74, 6) is 1.02. The van der Waals surface area contributed by atoms with Gasteiger partial charge in [0, 0.05) is 24.5 Å². The summed E-state index contributed by atoms with van der Waals surface area (Å²) in [5.41, 5.74) is 1.18. The number of nitrogens with zero attached hydrogens (tertiary/aromatic N) is 1. The van der Waals surface area contributed by atoms with E-state index in [2.05, 4.69) is 17.2 Å². The molecule has 3 heteroatoms. The van der Waals surface area contributed by atoms with Crippen molar-refractivity contribution in [1.29, 1.82) is 0 Å². The molecule has 1 aromatic rings. The van der Waals surface area contributed by atoms with Gasteiger partial charge in [0.2, 0.25) is 0 Å². The van der Waals surface area contributed by atoms with E-state index >= 15 is 0 Å². The van der Waals surface area contributed by atoms with Gasteiger partial charge >= 0.3 is 0 Å². The molecule has 0 radical (unpaired) electrons. The molecular weight excluding hydrogens is 236 g/mol. The first-order valence-corrected chi connectivity index (χ1v) is 7.70. The lowest BCUT2D eigenvalue weighted by Crippen LogP contribution is -2.19. The topological polar surface area (TPSA) is 34.2 Å². The van der Waals surface area contributed by atoms with Gasteiger partial charge in [-0.1, -0.05) is 19.8 Å². The molecule has 1 aliphatic rings. The molecule has 0 atom stereocenters. The van der Waals surface area contributed by atoms with Gasteiger partial charge in [-0.05, 0) is 44.7 Å². The minimum absolute atomic E-state index is 0.398. The Morgan fingerprint density at radius 2 is 2.05 bits per heavy atom. The van der Waals surface area contributed by atoms with Gasteiger partial charge in [-0.2, -0.15) is 0 Å². The molecule has 1 saturated carbocycles. The van der Waals surface area contributed by atoms with Gasteiger partial charge in [-0.15, -0.1) is 0 Å². The first-order chi connectivity index (χ1) is 9.40. The van der Waals surface area contributed by atoms with Crippen LogP contribution in [0, 0.1) is 0 Å². The quantitative estimate of drug-likeness (QED) is 0.627. The molecule has 0 unspecified atom stereocenters. The van der Waals surface area contributed by atoms with Crippen molar-refractivity contribution in [3.63, 3.8) is 0 Å². The average Bonchev–Trinajstić information content (AvgIpc) is 2.70. The lowest BCUT2D eigenvalue weighted by molar-refractivity contribution is 0.181. The zero-order valence-electron chi connectivity index (χ0n) is 12.0. The molecule has 1 heterocycles. The number of aromatic nitrogens is 1. The zero-order chi connectivity index (χ0) is 13.3. The molecule has 0 spiro atoms. The Bertz CT molecular complexity index is 360. The van der Waals surface area contributed by atoms with Crippen LogP contribution in [0.15, 0.2) is 18.5 Å². The highest BCUT2D eigenvalue weighted by atomic mass is 16.5. The van der Waals surface area contributed by atoms with E-state index in [0.717, 1.165) is 25.3 Å². The summed E-state index contributed by atoms with van der Waals surface area (Å²) in [6.07, 6.45) is 13.0. The maximum absolute atomic E-state index is 6.22. The van der Waals surface area contributed by atoms with Crippen molar-refractivity contribution < 1.29 is 4.74 Å². The number of hydrogen-bond donors (Lipinski definition) is 1. The van der Waals surface area contributed by atoms with Crippen molar-refractivity contribution in [2.45, 2.75) is 64.5 Å². The molecule has 106 valence electrons. The molecule has 0 saturated heterocycles. The monoisotopic (exact) mass is 262 g/mol. The smallest absolute Gasteiger partial charge is 0.127 e. The molecule has 1 aliphatic carbocycles. The van der Waals surface area contributed by atoms with E-state index in [1.807, 2.05) is 18.5 Å². The highest BCUT2D eigenvalue weighted by Gasteiger charge is 2.15. The SMILES string of the molecule is CCCNCc1cnccc1OC1CCCCCC1. The van der Waals surface area contributed by atoms with Gasteiger partial charge < -0.3 is 10.1 Å². The minimum atomic E-state index is 0.398. The first-order valence-electron chi connectivity index (χ1n) is 7.70. The third-order valence-electron chi connectivity index (χ3n) is 3.70. The second-order valence-corrected chi connectivity index (χ2v) is 5.39. The maximum Gasteiger partial charge on any atom is 0.127 e. The summed E-state index contributed by atoms with van der Waals surface area (Å²) in [7, 11) is 0. The van der Waals surface area contributed by atoms with E-state index < -0.39 is 0 Å². The van der Waals surface area contributed by atoms with Gasteiger partial charge in [-0.25, -0.2) is 0 Å². The third-order valence-corrected chi connectivity index (χ3v) is 3.70. The van der Waals surface area contributed by atoms with Crippen LogP contribution < -0.4 is 10.1 Å². The Morgan fingerprint density at radius 3 is 2.79 bits per heavy atom. The van der Waals surface area contributed by atoms with Crippen molar-refractivity contribution in [1.82, 2.24) is 10.3 Å². The summed E-state index contributed by atoms with van der Waals surface area (Å²) >= 11 is 0. The summed E-state index contributed by atoms with van der Waals surface area (Å²) in [6.45, 7) is 4.07. The van der Waals surface area contributed by atoms with Gasteiger partial charge in [0.25, 0.3) is 0 Å². The Morgan fingerprint density at radius 1 is 1.26 bits per heavy atom. The van der Waals surface area contributed by atoms with Crippen LogP contribution in [0.4, 0.5) is 0 Å². The normalized spacial score (nSPS) is 17.1. The number of hydrogen-bond acceptors (Lipinski definition) is 3. The number of ether oxygens (including phenoxy) is 1. The molecule has 1 aromatic heterocycles. The van der Waals surface area contributed by atoms with Crippen LogP contribution in [0.5, 0.6) is 5.75 Å². The highest BCUT2D eigenvalue weighted by molar-refractivity contribution is 5.30.